The molecule has 1 aliphatic carbocycles. The topological polar surface area (TPSA) is 12.4 Å². The quantitative estimate of drug-likeness (QED) is 0.674. The third-order valence-electron chi connectivity index (χ3n) is 4.21. The Kier molecular flexibility index (Phi) is 4.59. The van der Waals surface area contributed by atoms with Gasteiger partial charge in [0.25, 0.3) is 0 Å². The minimum Gasteiger partial charge on any atom is -0.285 e. The minimum absolute atomic E-state index is 0.0748. The van der Waals surface area contributed by atoms with E-state index >= 15 is 0 Å². The van der Waals surface area contributed by atoms with Gasteiger partial charge < -0.3 is 0 Å². The lowest BCUT2D eigenvalue weighted by molar-refractivity contribution is 0.568. The van der Waals surface area contributed by atoms with E-state index in [1.807, 2.05) is 0 Å². The molecule has 106 valence electrons. The fourth-order valence-corrected chi connectivity index (χ4v) is 2.67. The predicted molar refractivity (Wildman–Crippen MR) is 88.6 cm³/mol. The van der Waals surface area contributed by atoms with Crippen molar-refractivity contribution in [3.05, 3.63) is 59.7 Å². The van der Waals surface area contributed by atoms with Crippen LogP contribution in [0.1, 0.15) is 45.2 Å². The second-order valence-electron chi connectivity index (χ2n) is 5.75. The summed E-state index contributed by atoms with van der Waals surface area (Å²) in [5, 5.41) is 0. The van der Waals surface area contributed by atoms with Gasteiger partial charge in [0.05, 0.1) is 5.71 Å². The van der Waals surface area contributed by atoms with Crippen LogP contribution in [0.3, 0.4) is 0 Å². The van der Waals surface area contributed by atoms with E-state index in [1.54, 1.807) is 0 Å². The molecule has 1 heteroatoms. The third-order valence-corrected chi connectivity index (χ3v) is 4.21. The standard InChI is InChI=1S/C19H25N/c1-5-19(4)14-13-15(3)11-12-18(20-6-2)16-9-7-8-10-17(16)19/h7-15H,5-6H2,1-4H3/b12-11-,14-13?,20-18-. The highest BCUT2D eigenvalue weighted by molar-refractivity contribution is 6.10. The van der Waals surface area contributed by atoms with E-state index < -0.39 is 0 Å². The molecular weight excluding hydrogens is 242 g/mol. The van der Waals surface area contributed by atoms with Crippen LogP contribution in [0.5, 0.6) is 0 Å². The third kappa shape index (κ3) is 2.92. The number of aliphatic imine (C=N–C) groups is 1. The van der Waals surface area contributed by atoms with Crippen molar-refractivity contribution in [2.45, 2.75) is 39.5 Å². The SMILES string of the molecule is CC/N=C1/C=C\C(C)C=CC(C)(CC)c2ccccc21. The molecule has 2 atom stereocenters. The van der Waals surface area contributed by atoms with E-state index in [-0.39, 0.29) is 5.41 Å². The van der Waals surface area contributed by atoms with Gasteiger partial charge in [0.1, 0.15) is 0 Å². The molecule has 0 bridgehead atoms. The molecule has 0 spiro atoms. The highest BCUT2D eigenvalue weighted by atomic mass is 14.7. The lowest BCUT2D eigenvalue weighted by atomic mass is 9.76. The van der Waals surface area contributed by atoms with E-state index in [0.717, 1.165) is 18.7 Å². The number of hydrogen-bond donors (Lipinski definition) is 0. The number of hydrogen-bond acceptors (Lipinski definition) is 1. The maximum atomic E-state index is 4.70. The van der Waals surface area contributed by atoms with Gasteiger partial charge in [-0.15, -0.1) is 0 Å². The molecule has 0 saturated heterocycles. The predicted octanol–water partition coefficient (Wildman–Crippen LogP) is 4.93. The number of fused-ring (bicyclic) bond motifs is 1. The summed E-state index contributed by atoms with van der Waals surface area (Å²) in [6.45, 7) is 9.72. The second-order valence-corrected chi connectivity index (χ2v) is 5.75. The molecule has 2 unspecified atom stereocenters. The van der Waals surface area contributed by atoms with Gasteiger partial charge in [-0.3, -0.25) is 4.99 Å². The zero-order valence-electron chi connectivity index (χ0n) is 13.1. The second kappa shape index (κ2) is 6.21. The summed E-state index contributed by atoms with van der Waals surface area (Å²) in [5.41, 5.74) is 3.84. The average Bonchev–Trinajstić information content (AvgIpc) is 2.53. The monoisotopic (exact) mass is 267 g/mol. The molecule has 0 aromatic heterocycles. The minimum atomic E-state index is 0.0748. The maximum absolute atomic E-state index is 4.70. The van der Waals surface area contributed by atoms with Crippen LogP contribution in [0.4, 0.5) is 0 Å². The van der Waals surface area contributed by atoms with E-state index in [1.165, 1.54) is 11.1 Å². The molecule has 1 aliphatic rings. The molecule has 0 amide bonds. The Morgan fingerprint density at radius 2 is 1.90 bits per heavy atom. The first-order valence-corrected chi connectivity index (χ1v) is 7.62. The maximum Gasteiger partial charge on any atom is 0.0646 e. The van der Waals surface area contributed by atoms with Crippen molar-refractivity contribution in [2.75, 3.05) is 6.54 Å². The Hall–Kier alpha value is -1.63. The van der Waals surface area contributed by atoms with Crippen molar-refractivity contribution in [1.29, 1.82) is 0 Å². The fraction of sp³-hybridized carbons (Fsp3) is 0.421. The zero-order valence-corrected chi connectivity index (χ0v) is 13.1. The van der Waals surface area contributed by atoms with Crippen LogP contribution >= 0.6 is 0 Å². The largest absolute Gasteiger partial charge is 0.285 e. The zero-order chi connectivity index (χ0) is 14.6. The Morgan fingerprint density at radius 1 is 1.15 bits per heavy atom. The van der Waals surface area contributed by atoms with Crippen molar-refractivity contribution < 1.29 is 0 Å². The number of rotatable bonds is 2. The van der Waals surface area contributed by atoms with Crippen molar-refractivity contribution >= 4 is 5.71 Å². The summed E-state index contributed by atoms with van der Waals surface area (Å²) >= 11 is 0. The molecule has 0 N–H and O–H groups in total. The van der Waals surface area contributed by atoms with Crippen molar-refractivity contribution in [1.82, 2.24) is 0 Å². The molecule has 0 saturated carbocycles. The molecule has 2 rings (SSSR count). The number of nitrogens with zero attached hydrogens (tertiary/aromatic N) is 1. The molecule has 0 radical (unpaired) electrons. The summed E-state index contributed by atoms with van der Waals surface area (Å²) < 4.78 is 0. The summed E-state index contributed by atoms with van der Waals surface area (Å²) in [6, 6.07) is 8.69. The first-order valence-electron chi connectivity index (χ1n) is 7.62. The van der Waals surface area contributed by atoms with E-state index in [4.69, 9.17) is 4.99 Å². The Morgan fingerprint density at radius 3 is 2.60 bits per heavy atom. The Bertz CT molecular complexity index is 551. The lowest BCUT2D eigenvalue weighted by Gasteiger charge is -2.28. The summed E-state index contributed by atoms with van der Waals surface area (Å²) in [6.07, 6.45) is 10.2. The highest BCUT2D eigenvalue weighted by Gasteiger charge is 2.25. The molecule has 1 aromatic carbocycles. The first kappa shape index (κ1) is 14.8. The van der Waals surface area contributed by atoms with E-state index in [0.29, 0.717) is 5.92 Å². The van der Waals surface area contributed by atoms with Crippen LogP contribution in [0.25, 0.3) is 0 Å². The smallest absolute Gasteiger partial charge is 0.0646 e. The average molecular weight is 267 g/mol. The van der Waals surface area contributed by atoms with Gasteiger partial charge in [0.2, 0.25) is 0 Å². The fourth-order valence-electron chi connectivity index (χ4n) is 2.67. The van der Waals surface area contributed by atoms with Gasteiger partial charge in [0.15, 0.2) is 0 Å². The van der Waals surface area contributed by atoms with Gasteiger partial charge >= 0.3 is 0 Å². The summed E-state index contributed by atoms with van der Waals surface area (Å²) in [7, 11) is 0. The van der Waals surface area contributed by atoms with Gasteiger partial charge in [-0.25, -0.2) is 0 Å². The Balaban J connectivity index is 2.68. The van der Waals surface area contributed by atoms with Crippen molar-refractivity contribution in [3.63, 3.8) is 0 Å². The van der Waals surface area contributed by atoms with Crippen LogP contribution in [0, 0.1) is 5.92 Å². The number of allylic oxidation sites excluding steroid dienone is 4. The highest BCUT2D eigenvalue weighted by Crippen LogP contribution is 2.33. The van der Waals surface area contributed by atoms with Gasteiger partial charge in [-0.1, -0.05) is 63.3 Å². The van der Waals surface area contributed by atoms with Crippen LogP contribution in [-0.4, -0.2) is 12.3 Å². The molecule has 1 aromatic rings. The van der Waals surface area contributed by atoms with E-state index in [2.05, 4.69) is 76.3 Å². The number of benzene rings is 1. The summed E-state index contributed by atoms with van der Waals surface area (Å²) in [4.78, 5) is 4.70. The van der Waals surface area contributed by atoms with Crippen LogP contribution in [-0.2, 0) is 5.41 Å². The van der Waals surface area contributed by atoms with E-state index in [9.17, 15) is 0 Å². The van der Waals surface area contributed by atoms with Crippen molar-refractivity contribution in [3.8, 4) is 0 Å². The van der Waals surface area contributed by atoms with Gasteiger partial charge in [-0.2, -0.15) is 0 Å². The van der Waals surface area contributed by atoms with Gasteiger partial charge in [0, 0.05) is 17.5 Å². The van der Waals surface area contributed by atoms with Crippen LogP contribution < -0.4 is 0 Å². The molecular formula is C19H25N. The normalized spacial score (nSPS) is 29.4. The lowest BCUT2D eigenvalue weighted by Crippen LogP contribution is -2.21. The Labute approximate surface area is 123 Å². The first-order chi connectivity index (χ1) is 9.60. The molecule has 20 heavy (non-hydrogen) atoms. The van der Waals surface area contributed by atoms with Crippen molar-refractivity contribution in [2.24, 2.45) is 10.9 Å². The van der Waals surface area contributed by atoms with Crippen LogP contribution in [0.2, 0.25) is 0 Å². The van der Waals surface area contributed by atoms with Gasteiger partial charge in [-0.05, 0) is 30.9 Å². The molecule has 0 aliphatic heterocycles. The van der Waals surface area contributed by atoms with Crippen LogP contribution in [0.15, 0.2) is 53.6 Å². The molecule has 0 heterocycles. The molecule has 0 fully saturated rings. The molecule has 1 nitrogen and oxygen atoms in total. The summed E-state index contributed by atoms with van der Waals surface area (Å²) in [5.74, 6) is 0.442.